The number of carbonyl (C=O) groups excluding carboxylic acids is 1. The van der Waals surface area contributed by atoms with E-state index >= 15 is 0 Å². The van der Waals surface area contributed by atoms with Crippen LogP contribution in [0.25, 0.3) is 10.8 Å². The summed E-state index contributed by atoms with van der Waals surface area (Å²) in [7, 11) is 0. The number of hydrogen-bond donors (Lipinski definition) is 0. The molecule has 0 fully saturated rings. The first-order valence-electron chi connectivity index (χ1n) is 7.20. The molecule has 4 nitrogen and oxygen atoms in total. The summed E-state index contributed by atoms with van der Waals surface area (Å²) in [4.78, 5) is 13.5. The fraction of sp³-hybridized carbons (Fsp3) is 0.235. The first-order valence-corrected chi connectivity index (χ1v) is 8.96. The second kappa shape index (κ2) is 6.68. The molecule has 118 valence electrons. The summed E-state index contributed by atoms with van der Waals surface area (Å²) in [6, 6.07) is 9.63. The van der Waals surface area contributed by atoms with Crippen molar-refractivity contribution >= 4 is 28.9 Å². The van der Waals surface area contributed by atoms with Crippen LogP contribution in [0.4, 0.5) is 0 Å². The van der Waals surface area contributed by atoms with Crippen molar-refractivity contribution in [3.05, 3.63) is 52.4 Å². The van der Waals surface area contributed by atoms with Gasteiger partial charge in [-0.2, -0.15) is 0 Å². The third-order valence-electron chi connectivity index (χ3n) is 3.58. The number of thioether (sulfide) groups is 1. The third kappa shape index (κ3) is 3.54. The lowest BCUT2D eigenvalue weighted by Gasteiger charge is -2.09. The van der Waals surface area contributed by atoms with E-state index in [1.807, 2.05) is 56.5 Å². The molecule has 0 aliphatic rings. The summed E-state index contributed by atoms with van der Waals surface area (Å²) in [5.41, 5.74) is 3.01. The van der Waals surface area contributed by atoms with Gasteiger partial charge in [0.25, 0.3) is 11.1 Å². The summed E-state index contributed by atoms with van der Waals surface area (Å²) in [6.07, 6.45) is 0. The zero-order valence-electron chi connectivity index (χ0n) is 13.1. The Labute approximate surface area is 142 Å². The van der Waals surface area contributed by atoms with E-state index in [1.54, 1.807) is 11.3 Å². The normalized spacial score (nSPS) is 12.3. The topological polar surface area (TPSA) is 56.0 Å². The molecule has 2 aromatic heterocycles. The van der Waals surface area contributed by atoms with E-state index in [4.69, 9.17) is 4.42 Å². The fourth-order valence-corrected chi connectivity index (χ4v) is 3.50. The molecular formula is C17H16N2O2S2. The Morgan fingerprint density at radius 3 is 2.74 bits per heavy atom. The standard InChI is InChI=1S/C17H16N2O2S2/c1-10-6-7-13(9-11(10)2)15(20)12(3)23-17-19-18-16(21-17)14-5-4-8-22-14/h4-9,12H,1-3H3. The molecule has 0 aliphatic carbocycles. The van der Waals surface area contributed by atoms with Crippen molar-refractivity contribution in [3.63, 3.8) is 0 Å². The van der Waals surface area contributed by atoms with Crippen LogP contribution < -0.4 is 0 Å². The van der Waals surface area contributed by atoms with Crippen LogP contribution in [0, 0.1) is 13.8 Å². The summed E-state index contributed by atoms with van der Waals surface area (Å²) >= 11 is 2.83. The molecule has 1 aromatic carbocycles. The maximum atomic E-state index is 12.5. The molecular weight excluding hydrogens is 328 g/mol. The number of nitrogens with zero attached hydrogens (tertiary/aromatic N) is 2. The van der Waals surface area contributed by atoms with Gasteiger partial charge in [0.15, 0.2) is 5.78 Å². The zero-order valence-corrected chi connectivity index (χ0v) is 14.7. The molecule has 0 amide bonds. The van der Waals surface area contributed by atoms with Crippen molar-refractivity contribution in [1.82, 2.24) is 10.2 Å². The second-order valence-corrected chi connectivity index (χ2v) is 7.51. The Hall–Kier alpha value is -1.92. The Morgan fingerprint density at radius 1 is 1.22 bits per heavy atom. The summed E-state index contributed by atoms with van der Waals surface area (Å²) in [5.74, 6) is 0.558. The minimum absolute atomic E-state index is 0.0639. The molecule has 3 aromatic rings. The van der Waals surface area contributed by atoms with Crippen molar-refractivity contribution in [3.8, 4) is 10.8 Å². The predicted octanol–water partition coefficient (Wildman–Crippen LogP) is 4.78. The van der Waals surface area contributed by atoms with Gasteiger partial charge < -0.3 is 4.42 Å². The average molecular weight is 344 g/mol. The maximum absolute atomic E-state index is 12.5. The lowest BCUT2D eigenvalue weighted by atomic mass is 10.0. The maximum Gasteiger partial charge on any atom is 0.277 e. The van der Waals surface area contributed by atoms with Gasteiger partial charge in [-0.25, -0.2) is 0 Å². The van der Waals surface area contributed by atoms with E-state index in [9.17, 15) is 4.79 Å². The largest absolute Gasteiger partial charge is 0.410 e. The molecule has 6 heteroatoms. The third-order valence-corrected chi connectivity index (χ3v) is 5.37. The SMILES string of the molecule is Cc1ccc(C(=O)C(C)Sc2nnc(-c3cccs3)o2)cc1C. The molecule has 1 unspecified atom stereocenters. The molecule has 0 spiro atoms. The predicted molar refractivity (Wildman–Crippen MR) is 93.2 cm³/mol. The molecule has 23 heavy (non-hydrogen) atoms. The number of hydrogen-bond acceptors (Lipinski definition) is 6. The fourth-order valence-electron chi connectivity index (χ4n) is 2.09. The van der Waals surface area contributed by atoms with Gasteiger partial charge in [0.05, 0.1) is 10.1 Å². The highest BCUT2D eigenvalue weighted by Crippen LogP contribution is 2.29. The summed E-state index contributed by atoms with van der Waals surface area (Å²) in [6.45, 7) is 5.90. The van der Waals surface area contributed by atoms with E-state index < -0.39 is 0 Å². The number of aromatic nitrogens is 2. The number of Topliss-reactive ketones (excluding diaryl/α,β-unsaturated/α-hetero) is 1. The second-order valence-electron chi connectivity index (χ2n) is 5.27. The number of carbonyl (C=O) groups is 1. The summed E-state index contributed by atoms with van der Waals surface area (Å²) in [5, 5.41) is 10.1. The van der Waals surface area contributed by atoms with Crippen LogP contribution in [0.1, 0.15) is 28.4 Å². The van der Waals surface area contributed by atoms with Crippen LogP contribution in [-0.2, 0) is 0 Å². The highest BCUT2D eigenvalue weighted by Gasteiger charge is 2.20. The van der Waals surface area contributed by atoms with Crippen molar-refractivity contribution in [2.45, 2.75) is 31.2 Å². The van der Waals surface area contributed by atoms with Gasteiger partial charge in [-0.1, -0.05) is 30.0 Å². The Balaban J connectivity index is 1.72. The molecule has 3 rings (SSSR count). The first kappa shape index (κ1) is 16.0. The Kier molecular flexibility index (Phi) is 4.63. The highest BCUT2D eigenvalue weighted by atomic mass is 32.2. The smallest absolute Gasteiger partial charge is 0.277 e. The van der Waals surface area contributed by atoms with Crippen LogP contribution in [0.15, 0.2) is 45.4 Å². The lowest BCUT2D eigenvalue weighted by Crippen LogP contribution is -2.13. The highest BCUT2D eigenvalue weighted by molar-refractivity contribution is 8.00. The van der Waals surface area contributed by atoms with Crippen LogP contribution >= 0.6 is 23.1 Å². The molecule has 1 atom stereocenters. The summed E-state index contributed by atoms with van der Waals surface area (Å²) < 4.78 is 5.63. The number of aryl methyl sites for hydroxylation is 2. The monoisotopic (exact) mass is 344 g/mol. The Morgan fingerprint density at radius 2 is 2.04 bits per heavy atom. The molecule has 0 bridgehead atoms. The number of thiophene rings is 1. The van der Waals surface area contributed by atoms with Crippen LogP contribution in [0.3, 0.4) is 0 Å². The quantitative estimate of drug-likeness (QED) is 0.492. The van der Waals surface area contributed by atoms with Crippen molar-refractivity contribution in [2.75, 3.05) is 0 Å². The van der Waals surface area contributed by atoms with Crippen molar-refractivity contribution < 1.29 is 9.21 Å². The molecule has 0 N–H and O–H groups in total. The van der Waals surface area contributed by atoms with Gasteiger partial charge in [-0.3, -0.25) is 4.79 Å². The van der Waals surface area contributed by atoms with Gasteiger partial charge in [-0.05, 0) is 49.4 Å². The number of ketones is 1. The number of benzene rings is 1. The van der Waals surface area contributed by atoms with Gasteiger partial charge in [-0.15, -0.1) is 21.5 Å². The molecule has 2 heterocycles. The minimum atomic E-state index is -0.284. The Bertz CT molecular complexity index is 825. The van der Waals surface area contributed by atoms with E-state index in [2.05, 4.69) is 10.2 Å². The van der Waals surface area contributed by atoms with Crippen LogP contribution in [0.5, 0.6) is 0 Å². The van der Waals surface area contributed by atoms with Crippen LogP contribution in [-0.4, -0.2) is 21.2 Å². The van der Waals surface area contributed by atoms with Crippen LogP contribution in [0.2, 0.25) is 0 Å². The van der Waals surface area contributed by atoms with Gasteiger partial charge >= 0.3 is 0 Å². The van der Waals surface area contributed by atoms with Gasteiger partial charge in [0.2, 0.25) is 0 Å². The average Bonchev–Trinajstić information content (AvgIpc) is 3.20. The van der Waals surface area contributed by atoms with Gasteiger partial charge in [0.1, 0.15) is 0 Å². The molecule has 0 saturated carbocycles. The molecule has 0 aliphatic heterocycles. The van der Waals surface area contributed by atoms with Crippen molar-refractivity contribution in [1.29, 1.82) is 0 Å². The lowest BCUT2D eigenvalue weighted by molar-refractivity contribution is 0.0993. The zero-order chi connectivity index (χ0) is 16.4. The molecule has 0 radical (unpaired) electrons. The van der Waals surface area contributed by atoms with E-state index in [0.717, 1.165) is 10.4 Å². The molecule has 0 saturated heterocycles. The van der Waals surface area contributed by atoms with E-state index in [0.29, 0.717) is 16.7 Å². The van der Waals surface area contributed by atoms with Gasteiger partial charge in [0, 0.05) is 5.56 Å². The number of rotatable bonds is 5. The van der Waals surface area contributed by atoms with E-state index in [-0.39, 0.29) is 11.0 Å². The first-order chi connectivity index (χ1) is 11.0. The minimum Gasteiger partial charge on any atom is -0.410 e. The van der Waals surface area contributed by atoms with E-state index in [1.165, 1.54) is 17.3 Å². The van der Waals surface area contributed by atoms with Crippen molar-refractivity contribution in [2.24, 2.45) is 0 Å².